The van der Waals surface area contributed by atoms with Crippen molar-refractivity contribution in [3.05, 3.63) is 0 Å². The van der Waals surface area contributed by atoms with Crippen LogP contribution in [0, 0.1) is 0 Å². The minimum absolute atomic E-state index is 0.106. The molecule has 8 nitrogen and oxygen atoms in total. The van der Waals surface area contributed by atoms with E-state index in [0.717, 1.165) is 0 Å². The molecule has 0 radical (unpaired) electrons. The molecule has 1 atom stereocenters. The van der Waals surface area contributed by atoms with Gasteiger partial charge in [0.15, 0.2) is 0 Å². The fraction of sp³-hybridized carbons (Fsp3) is 0.769. The zero-order valence-electron chi connectivity index (χ0n) is 12.3. The SMILES string of the molecule is CCOC(=O)C(NC(=O)CC1COCCN1)C(=O)OCC. The Hall–Kier alpha value is -1.67. The molecule has 1 amide bonds. The maximum atomic E-state index is 11.9. The predicted octanol–water partition coefficient (Wildman–Crippen LogP) is -1.02. The summed E-state index contributed by atoms with van der Waals surface area (Å²) in [4.78, 5) is 35.3. The van der Waals surface area contributed by atoms with E-state index in [2.05, 4.69) is 10.6 Å². The maximum Gasteiger partial charge on any atom is 0.340 e. The standard InChI is InChI=1S/C13H22N2O6/c1-3-20-12(17)11(13(18)21-4-2)15-10(16)7-9-8-19-6-5-14-9/h9,11,14H,3-8H2,1-2H3,(H,15,16). The van der Waals surface area contributed by atoms with Crippen LogP contribution in [0.15, 0.2) is 0 Å². The van der Waals surface area contributed by atoms with Crippen molar-refractivity contribution < 1.29 is 28.6 Å². The van der Waals surface area contributed by atoms with Gasteiger partial charge in [-0.3, -0.25) is 4.79 Å². The zero-order valence-corrected chi connectivity index (χ0v) is 12.3. The van der Waals surface area contributed by atoms with Gasteiger partial charge >= 0.3 is 11.9 Å². The normalized spacial score (nSPS) is 18.1. The molecule has 1 unspecified atom stereocenters. The summed E-state index contributed by atoms with van der Waals surface area (Å²) in [6.07, 6.45) is 0.106. The summed E-state index contributed by atoms with van der Waals surface area (Å²) in [7, 11) is 0. The second kappa shape index (κ2) is 9.30. The highest BCUT2D eigenvalue weighted by atomic mass is 16.6. The number of morpholine rings is 1. The molecule has 21 heavy (non-hydrogen) atoms. The number of ether oxygens (including phenoxy) is 3. The summed E-state index contributed by atoms with van der Waals surface area (Å²) in [6, 6.07) is -1.56. The third-order valence-electron chi connectivity index (χ3n) is 2.78. The number of hydrogen-bond donors (Lipinski definition) is 2. The summed E-state index contributed by atoms with van der Waals surface area (Å²) in [6.45, 7) is 5.14. The van der Waals surface area contributed by atoms with Crippen LogP contribution >= 0.6 is 0 Å². The van der Waals surface area contributed by atoms with Gasteiger partial charge in [-0.1, -0.05) is 0 Å². The zero-order chi connectivity index (χ0) is 15.7. The van der Waals surface area contributed by atoms with E-state index in [0.29, 0.717) is 19.8 Å². The Labute approximate surface area is 123 Å². The van der Waals surface area contributed by atoms with Crippen LogP contribution in [0.1, 0.15) is 20.3 Å². The van der Waals surface area contributed by atoms with Crippen molar-refractivity contribution in [3.8, 4) is 0 Å². The molecule has 1 aliphatic heterocycles. The number of esters is 2. The highest BCUT2D eigenvalue weighted by molar-refractivity contribution is 6.02. The lowest BCUT2D eigenvalue weighted by atomic mass is 10.1. The summed E-state index contributed by atoms with van der Waals surface area (Å²) in [5.41, 5.74) is 0. The van der Waals surface area contributed by atoms with Crippen LogP contribution in [0.4, 0.5) is 0 Å². The van der Waals surface area contributed by atoms with Crippen molar-refractivity contribution in [2.75, 3.05) is 33.0 Å². The molecule has 0 saturated carbocycles. The second-order valence-electron chi connectivity index (χ2n) is 4.43. The molecule has 2 N–H and O–H groups in total. The number of hydrogen-bond acceptors (Lipinski definition) is 7. The van der Waals surface area contributed by atoms with Gasteiger partial charge in [0.05, 0.1) is 26.4 Å². The summed E-state index contributed by atoms with van der Waals surface area (Å²) >= 11 is 0. The fourth-order valence-electron chi connectivity index (χ4n) is 1.86. The lowest BCUT2D eigenvalue weighted by molar-refractivity contribution is -0.159. The quantitative estimate of drug-likeness (QED) is 0.458. The third kappa shape index (κ3) is 6.09. The van der Waals surface area contributed by atoms with Crippen LogP contribution in [0.2, 0.25) is 0 Å². The van der Waals surface area contributed by atoms with Gasteiger partial charge in [-0.05, 0) is 13.8 Å². The van der Waals surface area contributed by atoms with Gasteiger partial charge in [0.2, 0.25) is 11.9 Å². The summed E-state index contributed by atoms with van der Waals surface area (Å²) in [5.74, 6) is -2.08. The Balaban J connectivity index is 2.55. The largest absolute Gasteiger partial charge is 0.464 e. The average Bonchev–Trinajstić information content (AvgIpc) is 2.46. The molecule has 0 bridgehead atoms. The molecule has 1 saturated heterocycles. The van der Waals surface area contributed by atoms with E-state index in [-0.39, 0.29) is 25.7 Å². The molecule has 1 rings (SSSR count). The highest BCUT2D eigenvalue weighted by Crippen LogP contribution is 2.01. The lowest BCUT2D eigenvalue weighted by Gasteiger charge is -2.24. The Kier molecular flexibility index (Phi) is 7.70. The first kappa shape index (κ1) is 17.4. The molecule has 0 aromatic heterocycles. The van der Waals surface area contributed by atoms with Crippen LogP contribution in [0.25, 0.3) is 0 Å². The highest BCUT2D eigenvalue weighted by Gasteiger charge is 2.31. The van der Waals surface area contributed by atoms with E-state index in [9.17, 15) is 14.4 Å². The van der Waals surface area contributed by atoms with Crippen LogP contribution in [-0.2, 0) is 28.6 Å². The van der Waals surface area contributed by atoms with E-state index in [4.69, 9.17) is 14.2 Å². The smallest absolute Gasteiger partial charge is 0.340 e. The molecular weight excluding hydrogens is 280 g/mol. The molecule has 8 heteroatoms. The molecule has 0 aromatic carbocycles. The molecule has 1 aliphatic rings. The Morgan fingerprint density at radius 2 is 1.86 bits per heavy atom. The van der Waals surface area contributed by atoms with Gasteiger partial charge in [0.25, 0.3) is 0 Å². The van der Waals surface area contributed by atoms with Gasteiger partial charge in [-0.25, -0.2) is 9.59 Å². The lowest BCUT2D eigenvalue weighted by Crippen LogP contribution is -2.51. The molecule has 0 aliphatic carbocycles. The molecule has 1 fully saturated rings. The van der Waals surface area contributed by atoms with Crippen molar-refractivity contribution in [1.29, 1.82) is 0 Å². The van der Waals surface area contributed by atoms with Crippen LogP contribution in [-0.4, -0.2) is 62.9 Å². The first-order chi connectivity index (χ1) is 10.1. The topological polar surface area (TPSA) is 103 Å². The van der Waals surface area contributed by atoms with Crippen molar-refractivity contribution >= 4 is 17.8 Å². The molecular formula is C13H22N2O6. The van der Waals surface area contributed by atoms with Gasteiger partial charge in [-0.15, -0.1) is 0 Å². The van der Waals surface area contributed by atoms with Crippen molar-refractivity contribution in [2.45, 2.75) is 32.4 Å². The molecule has 0 aromatic rings. The summed E-state index contributed by atoms with van der Waals surface area (Å²) in [5, 5.41) is 5.46. The van der Waals surface area contributed by atoms with Gasteiger partial charge in [0.1, 0.15) is 0 Å². The van der Waals surface area contributed by atoms with E-state index >= 15 is 0 Å². The molecule has 0 spiro atoms. The van der Waals surface area contributed by atoms with Gasteiger partial charge < -0.3 is 24.8 Å². The summed E-state index contributed by atoms with van der Waals surface area (Å²) < 4.78 is 14.8. The average molecular weight is 302 g/mol. The first-order valence-electron chi connectivity index (χ1n) is 7.02. The van der Waals surface area contributed by atoms with Crippen LogP contribution in [0.5, 0.6) is 0 Å². The maximum absolute atomic E-state index is 11.9. The first-order valence-corrected chi connectivity index (χ1v) is 7.02. The van der Waals surface area contributed by atoms with E-state index in [1.807, 2.05) is 0 Å². The molecule has 1 heterocycles. The van der Waals surface area contributed by atoms with Gasteiger partial charge in [0, 0.05) is 19.0 Å². The van der Waals surface area contributed by atoms with E-state index in [1.54, 1.807) is 13.8 Å². The Morgan fingerprint density at radius 1 is 1.24 bits per heavy atom. The minimum Gasteiger partial charge on any atom is -0.464 e. The van der Waals surface area contributed by atoms with E-state index < -0.39 is 23.9 Å². The number of rotatable bonds is 7. The van der Waals surface area contributed by atoms with E-state index in [1.165, 1.54) is 0 Å². The minimum atomic E-state index is -1.43. The number of carbonyl (C=O) groups is 3. The Bertz CT molecular complexity index is 350. The van der Waals surface area contributed by atoms with Crippen molar-refractivity contribution in [3.63, 3.8) is 0 Å². The van der Waals surface area contributed by atoms with Crippen molar-refractivity contribution in [2.24, 2.45) is 0 Å². The molecule has 120 valence electrons. The van der Waals surface area contributed by atoms with Crippen LogP contribution < -0.4 is 10.6 Å². The number of carbonyl (C=O) groups excluding carboxylic acids is 3. The number of amides is 1. The monoisotopic (exact) mass is 302 g/mol. The second-order valence-corrected chi connectivity index (χ2v) is 4.43. The third-order valence-corrected chi connectivity index (χ3v) is 2.78. The predicted molar refractivity (Wildman–Crippen MR) is 72.4 cm³/mol. The number of nitrogens with one attached hydrogen (secondary N) is 2. The fourth-order valence-corrected chi connectivity index (χ4v) is 1.86. The Morgan fingerprint density at radius 3 is 2.33 bits per heavy atom. The van der Waals surface area contributed by atoms with Crippen molar-refractivity contribution in [1.82, 2.24) is 10.6 Å². The van der Waals surface area contributed by atoms with Crippen LogP contribution in [0.3, 0.4) is 0 Å². The van der Waals surface area contributed by atoms with Gasteiger partial charge in [-0.2, -0.15) is 0 Å².